The highest BCUT2D eigenvalue weighted by Gasteiger charge is 2.01. The first-order valence-corrected chi connectivity index (χ1v) is 6.59. The van der Waals surface area contributed by atoms with Crippen LogP contribution in [0.2, 0.25) is 0 Å². The van der Waals surface area contributed by atoms with Gasteiger partial charge in [-0.05, 0) is 17.7 Å². The van der Waals surface area contributed by atoms with E-state index in [0.717, 1.165) is 5.56 Å². The third-order valence-corrected chi connectivity index (χ3v) is 2.56. The highest BCUT2D eigenvalue weighted by Crippen LogP contribution is 2.12. The number of primary amides is 1. The number of amides is 1. The fraction of sp³-hybridized carbons (Fsp3) is 0.429. The summed E-state index contributed by atoms with van der Waals surface area (Å²) in [6.45, 7) is 1.74. The van der Waals surface area contributed by atoms with E-state index >= 15 is 0 Å². The first-order valence-electron chi connectivity index (χ1n) is 6.59. The molecule has 0 bridgehead atoms. The lowest BCUT2D eigenvalue weighted by Gasteiger charge is -2.12. The fourth-order valence-electron chi connectivity index (χ4n) is 1.58. The molecule has 1 aromatic rings. The highest BCUT2D eigenvalue weighted by molar-refractivity contribution is 5.79. The zero-order valence-electron chi connectivity index (χ0n) is 12.4. The monoisotopic (exact) mass is 294 g/mol. The van der Waals surface area contributed by atoms with E-state index in [1.165, 1.54) is 0 Å². The number of guanidine groups is 1. The molecule has 0 heterocycles. The van der Waals surface area contributed by atoms with Gasteiger partial charge < -0.3 is 25.8 Å². The number of methoxy groups -OCH3 is 1. The summed E-state index contributed by atoms with van der Waals surface area (Å²) in [6, 6.07) is 7.43. The average molecular weight is 294 g/mol. The number of aliphatic imine (C=N–C) groups is 1. The molecule has 116 valence electrons. The highest BCUT2D eigenvalue weighted by atomic mass is 16.5. The quantitative estimate of drug-likeness (QED) is 0.352. The first kappa shape index (κ1) is 16.8. The van der Waals surface area contributed by atoms with Gasteiger partial charge in [-0.25, -0.2) is 0 Å². The van der Waals surface area contributed by atoms with Gasteiger partial charge in [-0.1, -0.05) is 12.1 Å². The van der Waals surface area contributed by atoms with Crippen LogP contribution in [0.4, 0.5) is 0 Å². The normalized spacial score (nSPS) is 11.0. The molecular formula is C14H22N4O3. The summed E-state index contributed by atoms with van der Waals surface area (Å²) in [7, 11) is 3.35. The van der Waals surface area contributed by atoms with Gasteiger partial charge in [0.25, 0.3) is 5.91 Å². The fourth-order valence-corrected chi connectivity index (χ4v) is 1.58. The Bertz CT molecular complexity index is 477. The second-order valence-corrected chi connectivity index (χ2v) is 4.25. The predicted molar refractivity (Wildman–Crippen MR) is 81.2 cm³/mol. The molecule has 0 aromatic heterocycles. The Morgan fingerprint density at radius 1 is 1.38 bits per heavy atom. The molecule has 1 rings (SSSR count). The van der Waals surface area contributed by atoms with Crippen molar-refractivity contribution in [1.82, 2.24) is 10.6 Å². The summed E-state index contributed by atoms with van der Waals surface area (Å²) >= 11 is 0. The lowest BCUT2D eigenvalue weighted by atomic mass is 10.2. The van der Waals surface area contributed by atoms with E-state index in [-0.39, 0.29) is 6.61 Å². The van der Waals surface area contributed by atoms with Crippen LogP contribution >= 0.6 is 0 Å². The Balaban J connectivity index is 2.46. The van der Waals surface area contributed by atoms with Gasteiger partial charge in [0.05, 0.1) is 6.61 Å². The van der Waals surface area contributed by atoms with E-state index in [2.05, 4.69) is 15.6 Å². The standard InChI is InChI=1S/C14H22N4O3/c1-16-14(17-6-7-20-2)18-9-11-4-3-5-12(8-11)21-10-13(15)19/h3-5,8H,6-7,9-10H2,1-2H3,(H2,15,19)(H2,16,17,18). The maximum atomic E-state index is 10.7. The van der Waals surface area contributed by atoms with Crippen LogP contribution in [-0.4, -0.2) is 45.8 Å². The SMILES string of the molecule is CN=C(NCCOC)NCc1cccc(OCC(N)=O)c1. The van der Waals surface area contributed by atoms with E-state index in [4.69, 9.17) is 15.2 Å². The molecule has 1 amide bonds. The van der Waals surface area contributed by atoms with Crippen LogP contribution in [0.1, 0.15) is 5.56 Å². The van der Waals surface area contributed by atoms with Crippen molar-refractivity contribution in [1.29, 1.82) is 0 Å². The molecule has 21 heavy (non-hydrogen) atoms. The molecule has 0 radical (unpaired) electrons. The lowest BCUT2D eigenvalue weighted by Crippen LogP contribution is -2.38. The summed E-state index contributed by atoms with van der Waals surface area (Å²) in [5.41, 5.74) is 6.05. The number of nitrogens with two attached hydrogens (primary N) is 1. The molecule has 0 saturated heterocycles. The van der Waals surface area contributed by atoms with Crippen LogP contribution in [0, 0.1) is 0 Å². The first-order chi connectivity index (χ1) is 10.2. The summed E-state index contributed by atoms with van der Waals surface area (Å²) in [6.07, 6.45) is 0. The van der Waals surface area contributed by atoms with E-state index in [1.807, 2.05) is 18.2 Å². The zero-order chi connectivity index (χ0) is 15.5. The smallest absolute Gasteiger partial charge is 0.255 e. The number of carbonyl (C=O) groups excluding carboxylic acids is 1. The number of benzene rings is 1. The minimum atomic E-state index is -0.499. The number of hydrogen-bond donors (Lipinski definition) is 3. The molecule has 4 N–H and O–H groups in total. The van der Waals surface area contributed by atoms with Crippen LogP contribution < -0.4 is 21.1 Å². The molecule has 0 aliphatic carbocycles. The van der Waals surface area contributed by atoms with Crippen molar-refractivity contribution in [3.05, 3.63) is 29.8 Å². The third kappa shape index (κ3) is 7.17. The number of rotatable bonds is 8. The number of hydrogen-bond acceptors (Lipinski definition) is 4. The second-order valence-electron chi connectivity index (χ2n) is 4.25. The summed E-state index contributed by atoms with van der Waals surface area (Å²) in [5.74, 6) is 0.798. The zero-order valence-corrected chi connectivity index (χ0v) is 12.4. The molecular weight excluding hydrogens is 272 g/mol. The minimum Gasteiger partial charge on any atom is -0.484 e. The summed E-state index contributed by atoms with van der Waals surface area (Å²) in [4.78, 5) is 14.8. The van der Waals surface area contributed by atoms with Gasteiger partial charge >= 0.3 is 0 Å². The van der Waals surface area contributed by atoms with Crippen molar-refractivity contribution >= 4 is 11.9 Å². The van der Waals surface area contributed by atoms with Crippen molar-refractivity contribution < 1.29 is 14.3 Å². The number of ether oxygens (including phenoxy) is 2. The van der Waals surface area contributed by atoms with Gasteiger partial charge in [-0.2, -0.15) is 0 Å². The predicted octanol–water partition coefficient (Wildman–Crippen LogP) is -0.138. The number of carbonyl (C=O) groups is 1. The van der Waals surface area contributed by atoms with E-state index in [9.17, 15) is 4.79 Å². The Hall–Kier alpha value is -2.28. The molecule has 0 fully saturated rings. The van der Waals surface area contributed by atoms with Crippen molar-refractivity contribution in [2.24, 2.45) is 10.7 Å². The van der Waals surface area contributed by atoms with Crippen molar-refractivity contribution in [3.63, 3.8) is 0 Å². The molecule has 0 aliphatic rings. The van der Waals surface area contributed by atoms with Gasteiger partial charge in [0.1, 0.15) is 5.75 Å². The molecule has 7 nitrogen and oxygen atoms in total. The largest absolute Gasteiger partial charge is 0.484 e. The van der Waals surface area contributed by atoms with Crippen molar-refractivity contribution in [3.8, 4) is 5.75 Å². The van der Waals surface area contributed by atoms with Gasteiger partial charge in [0.15, 0.2) is 12.6 Å². The van der Waals surface area contributed by atoms with Gasteiger partial charge in [0.2, 0.25) is 0 Å². The molecule has 0 aliphatic heterocycles. The van der Waals surface area contributed by atoms with Crippen LogP contribution in [0.5, 0.6) is 5.75 Å². The van der Waals surface area contributed by atoms with Crippen molar-refractivity contribution in [2.45, 2.75) is 6.54 Å². The summed E-state index contributed by atoms with van der Waals surface area (Å²) < 4.78 is 10.2. The van der Waals surface area contributed by atoms with Crippen molar-refractivity contribution in [2.75, 3.05) is 33.9 Å². The van der Waals surface area contributed by atoms with Crippen LogP contribution in [-0.2, 0) is 16.1 Å². The molecule has 0 atom stereocenters. The maximum Gasteiger partial charge on any atom is 0.255 e. The Kier molecular flexibility index (Phi) is 7.67. The molecule has 0 unspecified atom stereocenters. The maximum absolute atomic E-state index is 10.7. The number of nitrogens with zero attached hydrogens (tertiary/aromatic N) is 1. The van der Waals surface area contributed by atoms with E-state index in [1.54, 1.807) is 20.2 Å². The summed E-state index contributed by atoms with van der Waals surface area (Å²) in [5, 5.41) is 6.29. The number of nitrogens with one attached hydrogen (secondary N) is 2. The molecule has 7 heteroatoms. The third-order valence-electron chi connectivity index (χ3n) is 2.56. The van der Waals surface area contributed by atoms with Gasteiger partial charge in [-0.15, -0.1) is 0 Å². The Labute approximate surface area is 124 Å². The van der Waals surface area contributed by atoms with Crippen LogP contribution in [0.25, 0.3) is 0 Å². The minimum absolute atomic E-state index is 0.128. The lowest BCUT2D eigenvalue weighted by molar-refractivity contribution is -0.119. The Morgan fingerprint density at radius 3 is 2.86 bits per heavy atom. The van der Waals surface area contributed by atoms with Gasteiger partial charge in [-0.3, -0.25) is 9.79 Å². The average Bonchev–Trinajstić information content (AvgIpc) is 2.49. The topological polar surface area (TPSA) is 98.0 Å². The second kappa shape index (κ2) is 9.60. The van der Waals surface area contributed by atoms with E-state index in [0.29, 0.717) is 31.4 Å². The molecule has 1 aromatic carbocycles. The Morgan fingerprint density at radius 2 is 2.19 bits per heavy atom. The van der Waals surface area contributed by atoms with Gasteiger partial charge in [0, 0.05) is 27.2 Å². The van der Waals surface area contributed by atoms with E-state index < -0.39 is 5.91 Å². The molecule has 0 saturated carbocycles. The van der Waals surface area contributed by atoms with Crippen LogP contribution in [0.3, 0.4) is 0 Å². The van der Waals surface area contributed by atoms with Crippen LogP contribution in [0.15, 0.2) is 29.3 Å². The molecule has 0 spiro atoms.